The molecule has 1 aliphatic heterocycles. The van der Waals surface area contributed by atoms with Gasteiger partial charge in [0.05, 0.1) is 23.7 Å². The van der Waals surface area contributed by atoms with Crippen LogP contribution in [0, 0.1) is 6.92 Å². The van der Waals surface area contributed by atoms with Crippen LogP contribution in [0.1, 0.15) is 40.5 Å². The van der Waals surface area contributed by atoms with Crippen LogP contribution in [0.5, 0.6) is 0 Å². The molecule has 1 aliphatic rings. The number of hydrogen-bond donors (Lipinski definition) is 2. The molecule has 198 valence electrons. The maximum atomic E-state index is 12.7. The molecule has 0 bridgehead atoms. The first-order valence-corrected chi connectivity index (χ1v) is 15.3. The third kappa shape index (κ3) is 6.60. The lowest BCUT2D eigenvalue weighted by Gasteiger charge is -2.36. The maximum Gasteiger partial charge on any atom is 0.261 e. The molecular weight excluding hydrogens is 543 g/mol. The highest BCUT2D eigenvalue weighted by Crippen LogP contribution is 2.40. The molecule has 38 heavy (non-hydrogen) atoms. The van der Waals surface area contributed by atoms with Crippen molar-refractivity contribution in [2.75, 3.05) is 10.5 Å². The number of aromatic nitrogens is 2. The number of aliphatic hydroxyl groups excluding tert-OH is 1. The fraction of sp³-hybridized carbons (Fsp3) is 0.259. The third-order valence-corrected chi connectivity index (χ3v) is 9.50. The molecule has 11 heteroatoms. The summed E-state index contributed by atoms with van der Waals surface area (Å²) in [7, 11) is -3.69. The van der Waals surface area contributed by atoms with Gasteiger partial charge in [-0.2, -0.15) is 0 Å². The Hall–Kier alpha value is -2.80. The molecule has 2 heterocycles. The van der Waals surface area contributed by atoms with Crippen molar-refractivity contribution in [3.8, 4) is 0 Å². The minimum Gasteiger partial charge on any atom is -0.392 e. The lowest BCUT2D eigenvalue weighted by atomic mass is 10.0. The SMILES string of the molecule is Cc1nnc(SC[C@H]2C[C@@H](c3ccc(CO)cc3)O[C@@H](c3ccc(NS(=O)(=O)c4ccccc4)cc3)O2)s1. The number of nitrogens with one attached hydrogen (secondary N) is 1. The highest BCUT2D eigenvalue weighted by Gasteiger charge is 2.32. The second-order valence-corrected chi connectivity index (χ2v) is 12.9. The Kier molecular flexibility index (Phi) is 8.42. The smallest absolute Gasteiger partial charge is 0.261 e. The van der Waals surface area contributed by atoms with Gasteiger partial charge in [-0.25, -0.2) is 8.42 Å². The van der Waals surface area contributed by atoms with Gasteiger partial charge in [-0.1, -0.05) is 77.7 Å². The first-order chi connectivity index (χ1) is 18.4. The quantitative estimate of drug-likeness (QED) is 0.255. The number of benzene rings is 3. The summed E-state index contributed by atoms with van der Waals surface area (Å²) in [5.41, 5.74) is 3.07. The molecule has 2 N–H and O–H groups in total. The third-order valence-electron chi connectivity index (χ3n) is 6.00. The number of sulfonamides is 1. The largest absolute Gasteiger partial charge is 0.392 e. The van der Waals surface area contributed by atoms with E-state index in [1.165, 1.54) is 0 Å². The van der Waals surface area contributed by atoms with Crippen LogP contribution in [0.3, 0.4) is 0 Å². The first-order valence-electron chi connectivity index (χ1n) is 12.0. The van der Waals surface area contributed by atoms with Crippen LogP contribution in [0.4, 0.5) is 5.69 Å². The topological polar surface area (TPSA) is 111 Å². The highest BCUT2D eigenvalue weighted by molar-refractivity contribution is 8.01. The van der Waals surface area contributed by atoms with Crippen LogP contribution >= 0.6 is 23.1 Å². The predicted octanol–water partition coefficient (Wildman–Crippen LogP) is 5.48. The van der Waals surface area contributed by atoms with E-state index < -0.39 is 16.3 Å². The summed E-state index contributed by atoms with van der Waals surface area (Å²) in [5, 5.41) is 18.6. The summed E-state index contributed by atoms with van der Waals surface area (Å²) in [6, 6.07) is 23.0. The zero-order valence-electron chi connectivity index (χ0n) is 20.6. The van der Waals surface area contributed by atoms with Gasteiger partial charge in [-0.3, -0.25) is 4.72 Å². The molecule has 0 spiro atoms. The van der Waals surface area contributed by atoms with Gasteiger partial charge < -0.3 is 14.6 Å². The van der Waals surface area contributed by atoms with E-state index in [0.717, 1.165) is 26.0 Å². The molecule has 0 radical (unpaired) electrons. The normalized spacial score (nSPS) is 19.8. The van der Waals surface area contributed by atoms with E-state index in [0.29, 0.717) is 17.9 Å². The molecular formula is C27H27N3O5S3. The maximum absolute atomic E-state index is 12.7. The second kappa shape index (κ2) is 11.9. The van der Waals surface area contributed by atoms with Gasteiger partial charge in [-0.15, -0.1) is 10.2 Å². The van der Waals surface area contributed by atoms with Gasteiger partial charge in [0.25, 0.3) is 10.0 Å². The zero-order valence-corrected chi connectivity index (χ0v) is 23.0. The number of thioether (sulfide) groups is 1. The van der Waals surface area contributed by atoms with Crippen molar-refractivity contribution in [2.45, 2.75) is 47.7 Å². The van der Waals surface area contributed by atoms with Crippen molar-refractivity contribution < 1.29 is 23.0 Å². The highest BCUT2D eigenvalue weighted by atomic mass is 32.2. The fourth-order valence-corrected chi connectivity index (χ4v) is 6.98. The van der Waals surface area contributed by atoms with Gasteiger partial charge >= 0.3 is 0 Å². The van der Waals surface area contributed by atoms with E-state index in [2.05, 4.69) is 14.9 Å². The average molecular weight is 570 g/mol. The standard InChI is InChI=1S/C27H27N3O5S3/c1-18-28-29-27(37-18)36-17-23-15-25(20-9-7-19(16-31)8-10-20)35-26(34-23)21-11-13-22(14-12-21)30-38(32,33)24-5-3-2-4-6-24/h2-14,23,25-26,30-31H,15-17H2,1H3/t23-,25+,26+/m1/s1. The van der Waals surface area contributed by atoms with E-state index in [-0.39, 0.29) is 23.7 Å². The molecule has 1 fully saturated rings. The van der Waals surface area contributed by atoms with Gasteiger partial charge in [0.2, 0.25) is 0 Å². The Morgan fingerprint density at radius 3 is 2.34 bits per heavy atom. The van der Waals surface area contributed by atoms with Crippen LogP contribution in [-0.2, 0) is 26.1 Å². The Labute approximate surface area is 230 Å². The van der Waals surface area contributed by atoms with E-state index in [1.54, 1.807) is 65.6 Å². The number of nitrogens with zero attached hydrogens (tertiary/aromatic N) is 2. The molecule has 3 atom stereocenters. The fourth-order valence-electron chi connectivity index (χ4n) is 4.05. The van der Waals surface area contributed by atoms with E-state index >= 15 is 0 Å². The summed E-state index contributed by atoms with van der Waals surface area (Å²) in [4.78, 5) is 0.198. The summed E-state index contributed by atoms with van der Waals surface area (Å²) in [6.45, 7) is 1.91. The lowest BCUT2D eigenvalue weighted by molar-refractivity contribution is -0.245. The Morgan fingerprint density at radius 2 is 1.68 bits per heavy atom. The van der Waals surface area contributed by atoms with E-state index in [9.17, 15) is 13.5 Å². The minimum absolute atomic E-state index is 0.0154. The van der Waals surface area contributed by atoms with Crippen LogP contribution in [-0.4, -0.2) is 35.6 Å². The lowest BCUT2D eigenvalue weighted by Crippen LogP contribution is -2.31. The molecule has 4 aromatic rings. The van der Waals surface area contributed by atoms with Crippen LogP contribution in [0.15, 0.2) is 88.1 Å². The van der Waals surface area contributed by atoms with Crippen molar-refractivity contribution in [3.05, 3.63) is 101 Å². The van der Waals surface area contributed by atoms with Crippen LogP contribution < -0.4 is 4.72 Å². The molecule has 0 saturated carbocycles. The molecule has 1 saturated heterocycles. The van der Waals surface area contributed by atoms with Gasteiger partial charge in [0, 0.05) is 23.4 Å². The van der Waals surface area contributed by atoms with E-state index in [4.69, 9.17) is 9.47 Å². The minimum atomic E-state index is -3.69. The first kappa shape index (κ1) is 26.8. The number of aliphatic hydroxyl groups is 1. The average Bonchev–Trinajstić information content (AvgIpc) is 3.37. The Balaban J connectivity index is 1.33. The van der Waals surface area contributed by atoms with Crippen molar-refractivity contribution in [2.24, 2.45) is 0 Å². The van der Waals surface area contributed by atoms with E-state index in [1.807, 2.05) is 43.3 Å². The van der Waals surface area contributed by atoms with Crippen LogP contribution in [0.25, 0.3) is 0 Å². The number of hydrogen-bond acceptors (Lipinski definition) is 9. The van der Waals surface area contributed by atoms with Gasteiger partial charge in [0.1, 0.15) is 5.01 Å². The van der Waals surface area contributed by atoms with Gasteiger partial charge in [0.15, 0.2) is 10.6 Å². The molecule has 5 rings (SSSR count). The second-order valence-electron chi connectivity index (χ2n) is 8.79. The van der Waals surface area contributed by atoms with Crippen molar-refractivity contribution in [3.63, 3.8) is 0 Å². The number of anilines is 1. The number of ether oxygens (including phenoxy) is 2. The summed E-state index contributed by atoms with van der Waals surface area (Å²) in [5.74, 6) is 0.689. The van der Waals surface area contributed by atoms with Crippen LogP contribution in [0.2, 0.25) is 0 Å². The summed E-state index contributed by atoms with van der Waals surface area (Å²) < 4.78 is 41.6. The summed E-state index contributed by atoms with van der Waals surface area (Å²) >= 11 is 3.16. The van der Waals surface area contributed by atoms with Crippen molar-refractivity contribution in [1.29, 1.82) is 0 Å². The predicted molar refractivity (Wildman–Crippen MR) is 147 cm³/mol. The Bertz CT molecular complexity index is 1450. The monoisotopic (exact) mass is 569 g/mol. The number of rotatable bonds is 9. The zero-order chi connectivity index (χ0) is 26.5. The molecule has 0 amide bonds. The number of aryl methyl sites for hydroxylation is 1. The molecule has 1 aromatic heterocycles. The van der Waals surface area contributed by atoms with Crippen molar-refractivity contribution >= 4 is 38.8 Å². The molecule has 8 nitrogen and oxygen atoms in total. The molecule has 0 aliphatic carbocycles. The van der Waals surface area contributed by atoms with Gasteiger partial charge in [-0.05, 0) is 42.3 Å². The molecule has 3 aromatic carbocycles. The van der Waals surface area contributed by atoms with Crippen molar-refractivity contribution in [1.82, 2.24) is 10.2 Å². The summed E-state index contributed by atoms with van der Waals surface area (Å²) in [6.07, 6.45) is -0.289. The molecule has 0 unspecified atom stereocenters. The Morgan fingerprint density at radius 1 is 0.974 bits per heavy atom.